The van der Waals surface area contributed by atoms with Crippen LogP contribution in [-0.4, -0.2) is 36.0 Å². The molecule has 1 aromatic heterocycles. The molecule has 0 bridgehead atoms. The molecule has 0 aliphatic carbocycles. The molecule has 3 rings (SSSR count). The molecule has 3 N–H and O–H groups in total. The summed E-state index contributed by atoms with van der Waals surface area (Å²) in [6.07, 6.45) is 1.24. The number of benzene rings is 1. The monoisotopic (exact) mass is 388 g/mol. The Hall–Kier alpha value is -2.45. The van der Waals surface area contributed by atoms with Crippen LogP contribution in [-0.2, 0) is 4.79 Å². The third-order valence-electron chi connectivity index (χ3n) is 4.33. The Morgan fingerprint density at radius 1 is 1.33 bits per heavy atom. The predicted molar refractivity (Wildman–Crippen MR) is 105 cm³/mol. The van der Waals surface area contributed by atoms with Crippen molar-refractivity contribution in [1.82, 2.24) is 15.6 Å². The van der Waals surface area contributed by atoms with E-state index in [4.69, 9.17) is 4.74 Å². The highest BCUT2D eigenvalue weighted by Crippen LogP contribution is 2.24. The molecule has 144 valence electrons. The predicted octanol–water partition coefficient (Wildman–Crippen LogP) is 2.64. The van der Waals surface area contributed by atoms with Crippen LogP contribution in [0.5, 0.6) is 5.75 Å². The topological polar surface area (TPSA) is 92.4 Å². The van der Waals surface area contributed by atoms with Crippen molar-refractivity contribution in [2.75, 3.05) is 18.4 Å². The van der Waals surface area contributed by atoms with Gasteiger partial charge in [-0.2, -0.15) is 0 Å². The van der Waals surface area contributed by atoms with E-state index < -0.39 is 0 Å². The number of amides is 2. The van der Waals surface area contributed by atoms with Crippen molar-refractivity contribution in [3.05, 3.63) is 40.4 Å². The Labute approximate surface area is 162 Å². The van der Waals surface area contributed by atoms with E-state index in [0.717, 1.165) is 30.8 Å². The maximum atomic E-state index is 12.6. The summed E-state index contributed by atoms with van der Waals surface area (Å²) >= 11 is 1.17. The first kappa shape index (κ1) is 19.3. The van der Waals surface area contributed by atoms with Crippen LogP contribution in [0, 0.1) is 6.92 Å². The molecule has 1 aliphatic rings. The number of anilines is 1. The van der Waals surface area contributed by atoms with Crippen LogP contribution >= 0.6 is 11.3 Å². The minimum atomic E-state index is -0.209. The van der Waals surface area contributed by atoms with Crippen molar-refractivity contribution in [3.63, 3.8) is 0 Å². The van der Waals surface area contributed by atoms with Crippen molar-refractivity contribution in [2.45, 2.75) is 39.3 Å². The summed E-state index contributed by atoms with van der Waals surface area (Å²) in [6, 6.07) is 7.63. The fraction of sp³-hybridized carbons (Fsp3) is 0.421. The maximum absolute atomic E-state index is 12.6. The molecule has 27 heavy (non-hydrogen) atoms. The molecular formula is C19H24N4O3S. The third-order valence-corrected chi connectivity index (χ3v) is 5.40. The van der Waals surface area contributed by atoms with Crippen molar-refractivity contribution in [1.29, 1.82) is 0 Å². The van der Waals surface area contributed by atoms with Crippen molar-refractivity contribution >= 4 is 28.3 Å². The number of hydrogen-bond acceptors (Lipinski definition) is 6. The number of aromatic nitrogens is 1. The van der Waals surface area contributed by atoms with Crippen LogP contribution in [0.4, 0.5) is 5.13 Å². The molecule has 2 amide bonds. The molecule has 0 radical (unpaired) electrons. The maximum Gasteiger partial charge on any atom is 0.263 e. The van der Waals surface area contributed by atoms with Gasteiger partial charge < -0.3 is 20.7 Å². The van der Waals surface area contributed by atoms with Crippen LogP contribution in [0.1, 0.15) is 47.2 Å². The van der Waals surface area contributed by atoms with Gasteiger partial charge in [-0.1, -0.05) is 23.5 Å². The van der Waals surface area contributed by atoms with Crippen LogP contribution in [0.25, 0.3) is 0 Å². The van der Waals surface area contributed by atoms with Gasteiger partial charge in [0.15, 0.2) is 5.13 Å². The summed E-state index contributed by atoms with van der Waals surface area (Å²) in [6.45, 7) is 6.97. The Morgan fingerprint density at radius 2 is 2.07 bits per heavy atom. The molecule has 2 aromatic rings. The lowest BCUT2D eigenvalue weighted by molar-refractivity contribution is -0.114. The lowest BCUT2D eigenvalue weighted by atomic mass is 10.1. The number of carbonyl (C=O) groups excluding carboxylic acids is 2. The standard InChI is InChI=1S/C19H24N4O3S/c1-11(14-4-6-15(7-5-14)26-16-8-9-20-10-16)21-18(25)17-12(2)22-19(27-17)23-13(3)24/h4-7,11,16,20H,8-10H2,1-3H3,(H,21,25)(H,22,23,24)/t11-,16+/m0/s1. The average Bonchev–Trinajstić information content (AvgIpc) is 3.24. The second-order valence-electron chi connectivity index (χ2n) is 6.61. The van der Waals surface area contributed by atoms with E-state index in [9.17, 15) is 9.59 Å². The van der Waals surface area contributed by atoms with E-state index in [1.54, 1.807) is 6.92 Å². The molecule has 0 saturated carbocycles. The summed E-state index contributed by atoms with van der Waals surface area (Å²) in [4.78, 5) is 28.4. The highest BCUT2D eigenvalue weighted by molar-refractivity contribution is 7.17. The number of nitrogens with zero attached hydrogens (tertiary/aromatic N) is 1. The molecular weight excluding hydrogens is 364 g/mol. The number of ether oxygens (including phenoxy) is 1. The zero-order valence-electron chi connectivity index (χ0n) is 15.7. The lowest BCUT2D eigenvalue weighted by Gasteiger charge is -2.16. The van der Waals surface area contributed by atoms with Gasteiger partial charge in [0.2, 0.25) is 5.91 Å². The summed E-state index contributed by atoms with van der Waals surface area (Å²) in [7, 11) is 0. The van der Waals surface area contributed by atoms with Crippen LogP contribution < -0.4 is 20.7 Å². The van der Waals surface area contributed by atoms with Gasteiger partial charge in [0, 0.05) is 13.5 Å². The molecule has 1 aromatic carbocycles. The Bertz CT molecular complexity index is 813. The number of nitrogens with one attached hydrogen (secondary N) is 3. The fourth-order valence-corrected chi connectivity index (χ4v) is 3.83. The van der Waals surface area contributed by atoms with Gasteiger partial charge in [0.05, 0.1) is 11.7 Å². The number of aryl methyl sites for hydroxylation is 1. The van der Waals surface area contributed by atoms with E-state index in [2.05, 4.69) is 20.9 Å². The summed E-state index contributed by atoms with van der Waals surface area (Å²) in [5.74, 6) is 0.426. The van der Waals surface area contributed by atoms with Gasteiger partial charge in [-0.25, -0.2) is 4.98 Å². The molecule has 1 saturated heterocycles. The van der Waals surface area contributed by atoms with Gasteiger partial charge >= 0.3 is 0 Å². The molecule has 0 unspecified atom stereocenters. The normalized spacial score (nSPS) is 17.4. The summed E-state index contributed by atoms with van der Waals surface area (Å²) in [5.41, 5.74) is 1.59. The minimum absolute atomic E-state index is 0.162. The highest BCUT2D eigenvalue weighted by atomic mass is 32.1. The molecule has 2 heterocycles. The molecule has 0 spiro atoms. The second-order valence-corrected chi connectivity index (χ2v) is 7.61. The highest BCUT2D eigenvalue weighted by Gasteiger charge is 2.19. The molecule has 1 fully saturated rings. The second kappa shape index (κ2) is 8.49. The molecule has 8 heteroatoms. The van der Waals surface area contributed by atoms with Crippen LogP contribution in [0.3, 0.4) is 0 Å². The number of hydrogen-bond donors (Lipinski definition) is 3. The van der Waals surface area contributed by atoms with E-state index in [-0.39, 0.29) is 24.0 Å². The first-order chi connectivity index (χ1) is 12.9. The molecule has 1 aliphatic heterocycles. The zero-order valence-corrected chi connectivity index (χ0v) is 16.5. The average molecular weight is 388 g/mol. The van der Waals surface area contributed by atoms with Crippen molar-refractivity contribution in [3.8, 4) is 5.75 Å². The van der Waals surface area contributed by atoms with Gasteiger partial charge in [-0.3, -0.25) is 9.59 Å². The summed E-state index contributed by atoms with van der Waals surface area (Å²) < 4.78 is 5.92. The van der Waals surface area contributed by atoms with E-state index in [0.29, 0.717) is 15.7 Å². The Morgan fingerprint density at radius 3 is 2.70 bits per heavy atom. The van der Waals surface area contributed by atoms with Gasteiger partial charge in [-0.05, 0) is 44.5 Å². The lowest BCUT2D eigenvalue weighted by Crippen LogP contribution is -2.26. The minimum Gasteiger partial charge on any atom is -0.489 e. The first-order valence-electron chi connectivity index (χ1n) is 8.95. The number of thiazole rings is 1. The van der Waals surface area contributed by atoms with Crippen molar-refractivity contribution in [2.24, 2.45) is 0 Å². The fourth-order valence-electron chi connectivity index (χ4n) is 2.91. The Kier molecular flexibility index (Phi) is 6.08. The largest absolute Gasteiger partial charge is 0.489 e. The third kappa shape index (κ3) is 5.05. The molecule has 7 nitrogen and oxygen atoms in total. The van der Waals surface area contributed by atoms with E-state index in [1.807, 2.05) is 31.2 Å². The van der Waals surface area contributed by atoms with Gasteiger partial charge in [-0.15, -0.1) is 0 Å². The number of carbonyl (C=O) groups is 2. The van der Waals surface area contributed by atoms with Crippen molar-refractivity contribution < 1.29 is 14.3 Å². The summed E-state index contributed by atoms with van der Waals surface area (Å²) in [5, 5.41) is 9.30. The SMILES string of the molecule is CC(=O)Nc1nc(C)c(C(=O)N[C@@H](C)c2ccc(O[C@@H]3CCNC3)cc2)s1. The zero-order chi connectivity index (χ0) is 19.4. The van der Waals surface area contributed by atoms with Gasteiger partial charge in [0.25, 0.3) is 5.91 Å². The quantitative estimate of drug-likeness (QED) is 0.708. The van der Waals surface area contributed by atoms with Crippen LogP contribution in [0.2, 0.25) is 0 Å². The van der Waals surface area contributed by atoms with Crippen LogP contribution in [0.15, 0.2) is 24.3 Å². The first-order valence-corrected chi connectivity index (χ1v) is 9.77. The Balaban J connectivity index is 1.60. The molecule has 2 atom stereocenters. The van der Waals surface area contributed by atoms with E-state index >= 15 is 0 Å². The smallest absolute Gasteiger partial charge is 0.263 e. The number of rotatable bonds is 6. The van der Waals surface area contributed by atoms with E-state index in [1.165, 1.54) is 18.3 Å². The van der Waals surface area contributed by atoms with Gasteiger partial charge in [0.1, 0.15) is 16.7 Å².